The molecule has 1 aromatic carbocycles. The Kier molecular flexibility index (Phi) is 4.20. The molecule has 0 spiro atoms. The Hall–Kier alpha value is -1.80. The maximum atomic E-state index is 13.3. The van der Waals surface area contributed by atoms with E-state index in [1.807, 2.05) is 4.90 Å². The number of hydrogen-bond acceptors (Lipinski definition) is 4. The smallest absolute Gasteiger partial charge is 0.178 e. The predicted molar refractivity (Wildman–Crippen MR) is 80.4 cm³/mol. The van der Waals surface area contributed by atoms with E-state index in [9.17, 15) is 17.2 Å². The first-order chi connectivity index (χ1) is 10.8. The van der Waals surface area contributed by atoms with Gasteiger partial charge in [0.15, 0.2) is 9.84 Å². The van der Waals surface area contributed by atoms with Crippen LogP contribution < -0.4 is 0 Å². The van der Waals surface area contributed by atoms with E-state index in [0.29, 0.717) is 17.8 Å². The first-order valence-electron chi connectivity index (χ1n) is 7.27. The van der Waals surface area contributed by atoms with E-state index in [0.717, 1.165) is 31.7 Å². The van der Waals surface area contributed by atoms with Crippen LogP contribution in [0.15, 0.2) is 29.3 Å². The molecule has 2 heterocycles. The van der Waals surface area contributed by atoms with Crippen LogP contribution in [0.25, 0.3) is 0 Å². The monoisotopic (exact) mass is 341 g/mol. The second kappa shape index (κ2) is 6.01. The van der Waals surface area contributed by atoms with Crippen molar-refractivity contribution in [2.75, 3.05) is 12.8 Å². The largest absolute Gasteiger partial charge is 0.290 e. The van der Waals surface area contributed by atoms with Crippen molar-refractivity contribution >= 4 is 9.84 Å². The van der Waals surface area contributed by atoms with Crippen molar-refractivity contribution in [3.8, 4) is 0 Å². The van der Waals surface area contributed by atoms with Crippen molar-refractivity contribution < 1.29 is 17.2 Å². The fraction of sp³-hybridized carbons (Fsp3) is 0.400. The average molecular weight is 341 g/mol. The van der Waals surface area contributed by atoms with E-state index >= 15 is 0 Å². The van der Waals surface area contributed by atoms with Crippen molar-refractivity contribution in [2.45, 2.75) is 30.3 Å². The zero-order valence-corrected chi connectivity index (χ0v) is 13.4. The Morgan fingerprint density at radius 1 is 1.30 bits per heavy atom. The van der Waals surface area contributed by atoms with Crippen molar-refractivity contribution in [1.29, 1.82) is 0 Å². The molecule has 1 aliphatic rings. The highest BCUT2D eigenvalue weighted by Gasteiger charge is 2.31. The minimum Gasteiger partial charge on any atom is -0.290 e. The fourth-order valence-corrected chi connectivity index (χ4v) is 3.92. The predicted octanol–water partition coefficient (Wildman–Crippen LogP) is 2.43. The minimum absolute atomic E-state index is 0.159. The highest BCUT2D eigenvalue weighted by Crippen LogP contribution is 2.35. The van der Waals surface area contributed by atoms with E-state index in [4.69, 9.17) is 0 Å². The van der Waals surface area contributed by atoms with E-state index in [2.05, 4.69) is 10.2 Å². The van der Waals surface area contributed by atoms with Gasteiger partial charge in [0.05, 0.1) is 17.9 Å². The molecule has 5 nitrogen and oxygen atoms in total. The van der Waals surface area contributed by atoms with E-state index in [-0.39, 0.29) is 10.9 Å². The van der Waals surface area contributed by atoms with Gasteiger partial charge in [0.25, 0.3) is 0 Å². The van der Waals surface area contributed by atoms with Crippen molar-refractivity contribution in [3.63, 3.8) is 0 Å². The Morgan fingerprint density at radius 3 is 2.65 bits per heavy atom. The van der Waals surface area contributed by atoms with Gasteiger partial charge in [-0.15, -0.1) is 0 Å². The molecular formula is C15H17F2N3O2S. The van der Waals surface area contributed by atoms with Gasteiger partial charge >= 0.3 is 0 Å². The summed E-state index contributed by atoms with van der Waals surface area (Å²) in [5, 5.41) is 6.63. The lowest BCUT2D eigenvalue weighted by Gasteiger charge is -2.24. The summed E-state index contributed by atoms with van der Waals surface area (Å²) in [6, 6.07) is 3.27. The second-order valence-corrected chi connectivity index (χ2v) is 7.81. The molecule has 0 radical (unpaired) electrons. The van der Waals surface area contributed by atoms with Gasteiger partial charge in [0, 0.05) is 18.9 Å². The normalized spacial score (nSPS) is 19.3. The number of benzene rings is 1. The molecule has 23 heavy (non-hydrogen) atoms. The van der Waals surface area contributed by atoms with Crippen LogP contribution in [0.2, 0.25) is 0 Å². The third-order valence-corrected chi connectivity index (χ3v) is 5.16. The number of H-pyrrole nitrogens is 1. The highest BCUT2D eigenvalue weighted by atomic mass is 32.2. The van der Waals surface area contributed by atoms with Crippen LogP contribution in [0, 0.1) is 11.6 Å². The number of nitrogens with zero attached hydrogens (tertiary/aromatic N) is 2. The molecular weight excluding hydrogens is 324 g/mol. The van der Waals surface area contributed by atoms with Gasteiger partial charge in [-0.25, -0.2) is 17.2 Å². The van der Waals surface area contributed by atoms with Crippen molar-refractivity contribution in [3.05, 3.63) is 47.3 Å². The van der Waals surface area contributed by atoms with Gasteiger partial charge < -0.3 is 0 Å². The van der Waals surface area contributed by atoms with Crippen molar-refractivity contribution in [1.82, 2.24) is 15.1 Å². The summed E-state index contributed by atoms with van der Waals surface area (Å²) in [5.41, 5.74) is 1.07. The van der Waals surface area contributed by atoms with Crippen LogP contribution in [-0.4, -0.2) is 36.3 Å². The molecule has 1 aliphatic heterocycles. The highest BCUT2D eigenvalue weighted by molar-refractivity contribution is 7.90. The number of nitrogens with one attached hydrogen (secondary N) is 1. The maximum absolute atomic E-state index is 13.3. The van der Waals surface area contributed by atoms with Crippen LogP contribution in [0.1, 0.15) is 30.1 Å². The quantitative estimate of drug-likeness (QED) is 0.927. The minimum atomic E-state index is -3.38. The summed E-state index contributed by atoms with van der Waals surface area (Å²) in [6.45, 7) is 1.08. The van der Waals surface area contributed by atoms with Crippen LogP contribution in [0.3, 0.4) is 0 Å². The Labute approximate surface area is 133 Å². The lowest BCUT2D eigenvalue weighted by Crippen LogP contribution is -2.24. The molecule has 8 heteroatoms. The molecule has 0 aliphatic carbocycles. The van der Waals surface area contributed by atoms with E-state index in [1.165, 1.54) is 18.3 Å². The maximum Gasteiger partial charge on any atom is 0.178 e. The molecule has 1 fully saturated rings. The summed E-state index contributed by atoms with van der Waals surface area (Å²) in [5.74, 6) is -1.23. The molecule has 1 aromatic heterocycles. The van der Waals surface area contributed by atoms with Gasteiger partial charge in [0.1, 0.15) is 16.5 Å². The number of aromatic nitrogens is 2. The average Bonchev–Trinajstić information content (AvgIpc) is 3.04. The number of aromatic amines is 1. The fourth-order valence-electron chi connectivity index (χ4n) is 3.10. The molecule has 0 saturated carbocycles. The van der Waals surface area contributed by atoms with Crippen LogP contribution in [0.5, 0.6) is 0 Å². The molecule has 1 atom stereocenters. The lowest BCUT2D eigenvalue weighted by atomic mass is 10.1. The number of hydrogen-bond donors (Lipinski definition) is 1. The molecule has 0 unspecified atom stereocenters. The standard InChI is InChI=1S/C15H17F2N3O2S/c1-23(21,22)14-8-18-19-15(14)13-3-2-4-20(13)9-10-5-11(16)7-12(17)6-10/h5-8,13H,2-4,9H2,1H3,(H,18,19)/t13-/m0/s1. The van der Waals surface area contributed by atoms with Gasteiger partial charge in [-0.1, -0.05) is 0 Å². The molecule has 3 rings (SSSR count). The van der Waals surface area contributed by atoms with Crippen LogP contribution in [-0.2, 0) is 16.4 Å². The van der Waals surface area contributed by atoms with Gasteiger partial charge in [-0.3, -0.25) is 10.00 Å². The van der Waals surface area contributed by atoms with Crippen LogP contribution >= 0.6 is 0 Å². The molecule has 0 amide bonds. The molecule has 2 aromatic rings. The van der Waals surface area contributed by atoms with Crippen molar-refractivity contribution in [2.24, 2.45) is 0 Å². The summed E-state index contributed by atoms with van der Waals surface area (Å²) in [4.78, 5) is 2.19. The van der Waals surface area contributed by atoms with Crippen LogP contribution in [0.4, 0.5) is 8.78 Å². The number of halogens is 2. The molecule has 124 valence electrons. The first kappa shape index (κ1) is 16.1. The third kappa shape index (κ3) is 3.42. The molecule has 1 saturated heterocycles. The zero-order valence-electron chi connectivity index (χ0n) is 12.6. The SMILES string of the molecule is CS(=O)(=O)c1cn[nH]c1[C@@H]1CCCN1Cc1cc(F)cc(F)c1. The number of likely N-dealkylation sites (tertiary alicyclic amines) is 1. The molecule has 0 bridgehead atoms. The number of rotatable bonds is 4. The summed E-state index contributed by atoms with van der Waals surface area (Å²) >= 11 is 0. The van der Waals surface area contributed by atoms with E-state index in [1.54, 1.807) is 0 Å². The Balaban J connectivity index is 1.88. The number of sulfone groups is 1. The summed E-state index contributed by atoms with van der Waals surface area (Å²) < 4.78 is 50.4. The molecule has 1 N–H and O–H groups in total. The first-order valence-corrected chi connectivity index (χ1v) is 9.16. The Morgan fingerprint density at radius 2 is 2.00 bits per heavy atom. The van der Waals surface area contributed by atoms with Gasteiger partial charge in [-0.05, 0) is 37.1 Å². The second-order valence-electron chi connectivity index (χ2n) is 5.83. The van der Waals surface area contributed by atoms with Gasteiger partial charge in [-0.2, -0.15) is 5.10 Å². The summed E-state index contributed by atoms with van der Waals surface area (Å²) in [7, 11) is -3.38. The third-order valence-electron chi connectivity index (χ3n) is 4.04. The van der Waals surface area contributed by atoms with E-state index < -0.39 is 21.5 Å². The zero-order chi connectivity index (χ0) is 16.6. The Bertz CT molecular complexity index is 800. The topological polar surface area (TPSA) is 66.1 Å². The lowest BCUT2D eigenvalue weighted by molar-refractivity contribution is 0.241. The van der Waals surface area contributed by atoms with Gasteiger partial charge in [0.2, 0.25) is 0 Å². The summed E-state index contributed by atoms with van der Waals surface area (Å²) in [6.07, 6.45) is 4.10.